The first kappa shape index (κ1) is 27.3. The highest BCUT2D eigenvalue weighted by atomic mass is 79.9. The van der Waals surface area contributed by atoms with Gasteiger partial charge in [0.2, 0.25) is 0 Å². The van der Waals surface area contributed by atoms with Crippen LogP contribution in [0.1, 0.15) is 69.9 Å². The first-order chi connectivity index (χ1) is 14.5. The molecule has 1 aromatic carbocycles. The van der Waals surface area contributed by atoms with E-state index in [9.17, 15) is 4.39 Å². The number of hydrogen-bond acceptors (Lipinski definition) is 4. The molecule has 1 saturated heterocycles. The Morgan fingerprint density at radius 2 is 1.50 bits per heavy atom. The molecule has 174 valence electrons. The standard InChI is InChI=1S/C19H27BrFNO.C3H8O2.C2H6/c1-13-12-17(19(21)18(20)14(13)2)22-10-8-16(9-11-22)23-15-6-4-3-5-7-15;1-4-3-5-2;1-2/h12,15-16H,3-11H2,1-2H3;3H2,1-2H3;1-2H3. The number of ether oxygens (including phenoxy) is 3. The van der Waals surface area contributed by atoms with Gasteiger partial charge < -0.3 is 19.1 Å². The van der Waals surface area contributed by atoms with E-state index in [-0.39, 0.29) is 5.82 Å². The van der Waals surface area contributed by atoms with E-state index < -0.39 is 0 Å². The molecule has 0 unspecified atom stereocenters. The summed E-state index contributed by atoms with van der Waals surface area (Å²) in [5.41, 5.74) is 2.85. The molecule has 30 heavy (non-hydrogen) atoms. The fourth-order valence-electron chi connectivity index (χ4n) is 3.88. The third-order valence-corrected chi connectivity index (χ3v) is 6.59. The summed E-state index contributed by atoms with van der Waals surface area (Å²) in [4.78, 5) is 2.17. The SMILES string of the molecule is CC.COCOC.Cc1cc(N2CCC(OC3CCCCC3)CC2)c(F)c(Br)c1C. The van der Waals surface area contributed by atoms with Crippen LogP contribution in [0.5, 0.6) is 0 Å². The third kappa shape index (κ3) is 8.45. The van der Waals surface area contributed by atoms with Gasteiger partial charge in [0.1, 0.15) is 6.79 Å². The van der Waals surface area contributed by atoms with E-state index in [0.717, 1.165) is 42.7 Å². The third-order valence-electron chi connectivity index (χ3n) is 5.65. The Labute approximate surface area is 191 Å². The first-order valence-electron chi connectivity index (χ1n) is 11.3. The van der Waals surface area contributed by atoms with Crippen molar-refractivity contribution in [1.82, 2.24) is 0 Å². The smallest absolute Gasteiger partial charge is 0.160 e. The van der Waals surface area contributed by atoms with Crippen molar-refractivity contribution in [3.8, 4) is 0 Å². The van der Waals surface area contributed by atoms with E-state index in [1.807, 2.05) is 33.8 Å². The van der Waals surface area contributed by atoms with Gasteiger partial charge in [-0.2, -0.15) is 0 Å². The lowest BCUT2D eigenvalue weighted by atomic mass is 9.97. The van der Waals surface area contributed by atoms with E-state index in [1.165, 1.54) is 32.1 Å². The Kier molecular flexibility index (Phi) is 13.8. The molecule has 0 N–H and O–H groups in total. The largest absolute Gasteiger partial charge is 0.375 e. The highest BCUT2D eigenvalue weighted by molar-refractivity contribution is 9.10. The Morgan fingerprint density at radius 1 is 0.967 bits per heavy atom. The molecule has 6 heteroatoms. The van der Waals surface area contributed by atoms with E-state index in [2.05, 4.69) is 30.3 Å². The Hall–Kier alpha value is -0.690. The second-order valence-electron chi connectivity index (χ2n) is 7.74. The first-order valence-corrected chi connectivity index (χ1v) is 12.1. The van der Waals surface area contributed by atoms with Crippen LogP contribution in [0.2, 0.25) is 0 Å². The van der Waals surface area contributed by atoms with Gasteiger partial charge in [-0.25, -0.2) is 4.39 Å². The highest BCUT2D eigenvalue weighted by Gasteiger charge is 2.26. The monoisotopic (exact) mass is 489 g/mol. The fraction of sp³-hybridized carbons (Fsp3) is 0.750. The lowest BCUT2D eigenvalue weighted by molar-refractivity contribution is -0.0395. The topological polar surface area (TPSA) is 30.9 Å². The molecule has 1 aromatic rings. The molecule has 2 fully saturated rings. The zero-order valence-electron chi connectivity index (χ0n) is 19.7. The minimum absolute atomic E-state index is 0.125. The van der Waals surface area contributed by atoms with Crippen molar-refractivity contribution in [2.75, 3.05) is 39.0 Å². The van der Waals surface area contributed by atoms with E-state index >= 15 is 0 Å². The van der Waals surface area contributed by atoms with Crippen LogP contribution < -0.4 is 4.90 Å². The normalized spacial score (nSPS) is 17.7. The van der Waals surface area contributed by atoms with Crippen LogP contribution in [0.15, 0.2) is 10.5 Å². The molecule has 0 amide bonds. The molecule has 2 aliphatic rings. The second-order valence-corrected chi connectivity index (χ2v) is 8.54. The number of anilines is 1. The molecule has 0 radical (unpaired) electrons. The van der Waals surface area contributed by atoms with Gasteiger partial charge in [0.05, 0.1) is 22.4 Å². The Morgan fingerprint density at radius 3 is 2.00 bits per heavy atom. The molecule has 0 bridgehead atoms. The Balaban J connectivity index is 0.000000565. The maximum absolute atomic E-state index is 14.6. The van der Waals surface area contributed by atoms with Gasteiger partial charge in [-0.1, -0.05) is 33.1 Å². The molecule has 0 aromatic heterocycles. The average Bonchev–Trinajstić information content (AvgIpc) is 2.78. The Bertz CT molecular complexity index is 599. The lowest BCUT2D eigenvalue weighted by Crippen LogP contribution is -2.39. The average molecular weight is 490 g/mol. The minimum Gasteiger partial charge on any atom is -0.375 e. The number of nitrogens with zero attached hydrogens (tertiary/aromatic N) is 1. The van der Waals surface area contributed by atoms with Crippen molar-refractivity contribution >= 4 is 21.6 Å². The van der Waals surface area contributed by atoms with Crippen molar-refractivity contribution in [3.63, 3.8) is 0 Å². The summed E-state index contributed by atoms with van der Waals surface area (Å²) in [6, 6.07) is 1.98. The highest BCUT2D eigenvalue weighted by Crippen LogP contribution is 2.34. The van der Waals surface area contributed by atoms with Crippen molar-refractivity contribution in [2.45, 2.75) is 84.8 Å². The van der Waals surface area contributed by atoms with Crippen molar-refractivity contribution < 1.29 is 18.6 Å². The number of rotatable bonds is 5. The van der Waals surface area contributed by atoms with Gasteiger partial charge in [-0.05, 0) is 72.7 Å². The quantitative estimate of drug-likeness (QED) is 0.426. The zero-order valence-corrected chi connectivity index (χ0v) is 21.3. The molecule has 0 spiro atoms. The van der Waals surface area contributed by atoms with E-state index in [4.69, 9.17) is 4.74 Å². The summed E-state index contributed by atoms with van der Waals surface area (Å²) >= 11 is 3.40. The number of piperidine rings is 1. The molecule has 4 nitrogen and oxygen atoms in total. The second kappa shape index (κ2) is 15.2. The maximum atomic E-state index is 14.6. The predicted octanol–water partition coefficient (Wildman–Crippen LogP) is 6.79. The van der Waals surface area contributed by atoms with Gasteiger partial charge in [-0.15, -0.1) is 0 Å². The van der Waals surface area contributed by atoms with Crippen molar-refractivity contribution in [1.29, 1.82) is 0 Å². The van der Waals surface area contributed by atoms with Gasteiger partial charge in [0, 0.05) is 27.3 Å². The number of halogens is 2. The van der Waals surface area contributed by atoms with Crippen molar-refractivity contribution in [2.24, 2.45) is 0 Å². The van der Waals surface area contributed by atoms with Crippen LogP contribution in [-0.4, -0.2) is 46.3 Å². The molecular formula is C24H41BrFNO3. The minimum atomic E-state index is -0.125. The lowest BCUT2D eigenvalue weighted by Gasteiger charge is -2.36. The van der Waals surface area contributed by atoms with Crippen LogP contribution in [-0.2, 0) is 14.2 Å². The molecule has 1 heterocycles. The molecule has 0 atom stereocenters. The summed E-state index contributed by atoms with van der Waals surface area (Å²) in [5.74, 6) is -0.125. The van der Waals surface area contributed by atoms with Gasteiger partial charge >= 0.3 is 0 Å². The van der Waals surface area contributed by atoms with E-state index in [1.54, 1.807) is 14.2 Å². The summed E-state index contributed by atoms with van der Waals surface area (Å²) in [6.45, 7) is 10.1. The maximum Gasteiger partial charge on any atom is 0.160 e. The van der Waals surface area contributed by atoms with Gasteiger partial charge in [0.15, 0.2) is 5.82 Å². The summed E-state index contributed by atoms with van der Waals surface area (Å²) in [5, 5.41) is 0. The predicted molar refractivity (Wildman–Crippen MR) is 127 cm³/mol. The zero-order chi connectivity index (χ0) is 22.5. The fourth-order valence-corrected chi connectivity index (χ4v) is 4.40. The molecule has 1 saturated carbocycles. The van der Waals surface area contributed by atoms with Crippen molar-refractivity contribution in [3.05, 3.63) is 27.5 Å². The number of methoxy groups -OCH3 is 2. The summed E-state index contributed by atoms with van der Waals surface area (Å²) < 4.78 is 30.4. The summed E-state index contributed by atoms with van der Waals surface area (Å²) in [7, 11) is 3.17. The van der Waals surface area contributed by atoms with Gasteiger partial charge in [-0.3, -0.25) is 0 Å². The molecule has 1 aliphatic carbocycles. The van der Waals surface area contributed by atoms with E-state index in [0.29, 0.717) is 23.5 Å². The van der Waals surface area contributed by atoms with Crippen LogP contribution in [0.3, 0.4) is 0 Å². The molecular weight excluding hydrogens is 449 g/mol. The number of benzene rings is 1. The summed E-state index contributed by atoms with van der Waals surface area (Å²) in [6.07, 6.45) is 9.25. The molecule has 1 aliphatic heterocycles. The van der Waals surface area contributed by atoms with Crippen LogP contribution in [0, 0.1) is 19.7 Å². The molecule has 3 rings (SSSR count). The number of hydrogen-bond donors (Lipinski definition) is 0. The van der Waals surface area contributed by atoms with Crippen LogP contribution in [0.4, 0.5) is 10.1 Å². The van der Waals surface area contributed by atoms with Crippen LogP contribution >= 0.6 is 15.9 Å². The van der Waals surface area contributed by atoms with Gasteiger partial charge in [0.25, 0.3) is 0 Å². The van der Waals surface area contributed by atoms with Crippen LogP contribution in [0.25, 0.3) is 0 Å². The number of aryl methyl sites for hydroxylation is 1.